The number of ether oxygens (including phenoxy) is 1. The van der Waals surface area contributed by atoms with Gasteiger partial charge < -0.3 is 15.0 Å². The molecule has 0 unspecified atom stereocenters. The average Bonchev–Trinajstić information content (AvgIpc) is 2.65. The van der Waals surface area contributed by atoms with Gasteiger partial charge in [0.25, 0.3) is 11.5 Å². The number of anilines is 1. The van der Waals surface area contributed by atoms with Gasteiger partial charge in [0.2, 0.25) is 0 Å². The molecule has 3 rings (SSSR count). The molecule has 0 aliphatic carbocycles. The second-order valence-corrected chi connectivity index (χ2v) is 6.08. The van der Waals surface area contributed by atoms with E-state index in [4.69, 9.17) is 17.0 Å². The van der Waals surface area contributed by atoms with Crippen LogP contribution >= 0.6 is 12.2 Å². The monoisotopic (exact) mass is 370 g/mol. The number of carbonyl (C=O) groups excluding carboxylic acids is 1. The van der Waals surface area contributed by atoms with Crippen molar-refractivity contribution in [3.63, 3.8) is 0 Å². The minimum absolute atomic E-state index is 0.181. The smallest absolute Gasteiger partial charge is 0.262 e. The highest BCUT2D eigenvalue weighted by Crippen LogP contribution is 2.13. The lowest BCUT2D eigenvalue weighted by Gasteiger charge is -2.09. The predicted octanol–water partition coefficient (Wildman–Crippen LogP) is 2.74. The van der Waals surface area contributed by atoms with E-state index < -0.39 is 0 Å². The Kier molecular flexibility index (Phi) is 5.55. The SMILES string of the molecule is COCCCn1c(=S)[nH]c2cc(C(=O)Nc3cccnc3)ccc2c1=O. The van der Waals surface area contributed by atoms with Gasteiger partial charge >= 0.3 is 0 Å². The van der Waals surface area contributed by atoms with Gasteiger partial charge in [-0.25, -0.2) is 0 Å². The molecule has 1 aromatic carbocycles. The van der Waals surface area contributed by atoms with Crippen LogP contribution in [0.2, 0.25) is 0 Å². The fourth-order valence-electron chi connectivity index (χ4n) is 2.61. The third kappa shape index (κ3) is 3.87. The first kappa shape index (κ1) is 18.0. The molecule has 0 spiro atoms. The molecule has 0 aliphatic rings. The summed E-state index contributed by atoms with van der Waals surface area (Å²) >= 11 is 5.29. The molecule has 0 fully saturated rings. The van der Waals surface area contributed by atoms with Crippen LogP contribution in [0.4, 0.5) is 5.69 Å². The Labute approximate surface area is 154 Å². The van der Waals surface area contributed by atoms with E-state index in [2.05, 4.69) is 15.3 Å². The van der Waals surface area contributed by atoms with Gasteiger partial charge in [-0.05, 0) is 49.0 Å². The van der Waals surface area contributed by atoms with Crippen LogP contribution in [0.25, 0.3) is 10.9 Å². The minimum Gasteiger partial charge on any atom is -0.385 e. The van der Waals surface area contributed by atoms with Crippen LogP contribution < -0.4 is 10.9 Å². The second-order valence-electron chi connectivity index (χ2n) is 5.69. The normalized spacial score (nSPS) is 10.8. The van der Waals surface area contributed by atoms with E-state index in [0.717, 1.165) is 0 Å². The number of nitrogens with one attached hydrogen (secondary N) is 2. The van der Waals surface area contributed by atoms with Crippen LogP contribution in [0.5, 0.6) is 0 Å². The largest absolute Gasteiger partial charge is 0.385 e. The summed E-state index contributed by atoms with van der Waals surface area (Å²) in [6.45, 7) is 1.02. The Morgan fingerprint density at radius 3 is 2.96 bits per heavy atom. The molecule has 2 aromatic heterocycles. The molecule has 0 bridgehead atoms. The summed E-state index contributed by atoms with van der Waals surface area (Å²) in [5.41, 5.74) is 1.36. The van der Waals surface area contributed by atoms with Crippen LogP contribution in [0.3, 0.4) is 0 Å². The lowest BCUT2D eigenvalue weighted by atomic mass is 10.1. The van der Waals surface area contributed by atoms with E-state index in [0.29, 0.717) is 46.5 Å². The molecule has 26 heavy (non-hydrogen) atoms. The number of rotatable bonds is 6. The molecule has 2 N–H and O–H groups in total. The van der Waals surface area contributed by atoms with E-state index in [1.165, 1.54) is 4.57 Å². The van der Waals surface area contributed by atoms with E-state index in [-0.39, 0.29) is 11.5 Å². The van der Waals surface area contributed by atoms with Crippen molar-refractivity contribution >= 4 is 34.7 Å². The van der Waals surface area contributed by atoms with Gasteiger partial charge in [-0.3, -0.25) is 19.1 Å². The van der Waals surface area contributed by atoms with Gasteiger partial charge in [0, 0.05) is 32.0 Å². The molecule has 1 amide bonds. The van der Waals surface area contributed by atoms with Crippen LogP contribution in [-0.4, -0.2) is 34.2 Å². The quantitative estimate of drug-likeness (QED) is 0.514. The minimum atomic E-state index is -0.288. The molecule has 0 aliphatic heterocycles. The number of methoxy groups -OCH3 is 1. The second kappa shape index (κ2) is 8.03. The predicted molar refractivity (Wildman–Crippen MR) is 102 cm³/mol. The zero-order valence-electron chi connectivity index (χ0n) is 14.2. The number of amides is 1. The highest BCUT2D eigenvalue weighted by atomic mass is 32.1. The zero-order chi connectivity index (χ0) is 18.5. The first-order valence-electron chi connectivity index (χ1n) is 8.07. The Bertz CT molecular complexity index is 1040. The highest BCUT2D eigenvalue weighted by molar-refractivity contribution is 7.71. The van der Waals surface area contributed by atoms with E-state index in [1.54, 1.807) is 49.8 Å². The number of pyridine rings is 1. The lowest BCUT2D eigenvalue weighted by molar-refractivity contribution is 0.102. The highest BCUT2D eigenvalue weighted by Gasteiger charge is 2.11. The first-order chi connectivity index (χ1) is 12.6. The van der Waals surface area contributed by atoms with Crippen molar-refractivity contribution in [3.8, 4) is 0 Å². The van der Waals surface area contributed by atoms with Crippen molar-refractivity contribution in [2.75, 3.05) is 19.0 Å². The van der Waals surface area contributed by atoms with Gasteiger partial charge in [-0.15, -0.1) is 0 Å². The van der Waals surface area contributed by atoms with Crippen LogP contribution in [0, 0.1) is 4.77 Å². The van der Waals surface area contributed by atoms with Crippen molar-refractivity contribution in [2.45, 2.75) is 13.0 Å². The Balaban J connectivity index is 1.92. The number of fused-ring (bicyclic) bond motifs is 1. The van der Waals surface area contributed by atoms with Crippen LogP contribution in [-0.2, 0) is 11.3 Å². The summed E-state index contributed by atoms with van der Waals surface area (Å²) in [6.07, 6.45) is 3.87. The average molecular weight is 370 g/mol. The number of aromatic amines is 1. The Morgan fingerprint density at radius 2 is 2.23 bits per heavy atom. The van der Waals surface area contributed by atoms with E-state index in [1.807, 2.05) is 0 Å². The molecule has 134 valence electrons. The van der Waals surface area contributed by atoms with E-state index >= 15 is 0 Å². The van der Waals surface area contributed by atoms with Crippen molar-refractivity contribution in [3.05, 3.63) is 63.4 Å². The maximum Gasteiger partial charge on any atom is 0.262 e. The zero-order valence-corrected chi connectivity index (χ0v) is 15.0. The number of benzene rings is 1. The maximum atomic E-state index is 12.6. The molecular weight excluding hydrogens is 352 g/mol. The van der Waals surface area contributed by atoms with E-state index in [9.17, 15) is 9.59 Å². The van der Waals surface area contributed by atoms with Crippen molar-refractivity contribution < 1.29 is 9.53 Å². The summed E-state index contributed by atoms with van der Waals surface area (Å²) in [5, 5.41) is 3.24. The van der Waals surface area contributed by atoms with Gasteiger partial charge in [0.15, 0.2) is 4.77 Å². The summed E-state index contributed by atoms with van der Waals surface area (Å²) in [6, 6.07) is 8.36. The van der Waals surface area contributed by atoms with Crippen molar-refractivity contribution in [1.82, 2.24) is 14.5 Å². The Morgan fingerprint density at radius 1 is 1.38 bits per heavy atom. The molecule has 0 saturated carbocycles. The molecule has 8 heteroatoms. The molecular formula is C18H18N4O3S. The third-order valence-corrected chi connectivity index (χ3v) is 4.22. The van der Waals surface area contributed by atoms with Crippen LogP contribution in [0.15, 0.2) is 47.5 Å². The topological polar surface area (TPSA) is 89.0 Å². The molecule has 3 aromatic rings. The maximum absolute atomic E-state index is 12.6. The van der Waals surface area contributed by atoms with Gasteiger partial charge in [-0.2, -0.15) is 0 Å². The third-order valence-electron chi connectivity index (χ3n) is 3.89. The fraction of sp³-hybridized carbons (Fsp3) is 0.222. The van der Waals surface area contributed by atoms with Gasteiger partial charge in [0.05, 0.1) is 22.8 Å². The van der Waals surface area contributed by atoms with Crippen molar-refractivity contribution in [2.24, 2.45) is 0 Å². The summed E-state index contributed by atoms with van der Waals surface area (Å²) in [4.78, 5) is 32.0. The number of hydrogen-bond acceptors (Lipinski definition) is 5. The van der Waals surface area contributed by atoms with Crippen LogP contribution in [0.1, 0.15) is 16.8 Å². The molecule has 0 saturated heterocycles. The standard InChI is InChI=1S/C18H18N4O3S/c1-25-9-3-8-22-17(24)14-6-5-12(10-15(14)21-18(22)26)16(23)20-13-4-2-7-19-11-13/h2,4-7,10-11H,3,8-9H2,1H3,(H,20,23)(H,21,26). The summed E-state index contributed by atoms with van der Waals surface area (Å²) < 4.78 is 6.84. The summed E-state index contributed by atoms with van der Waals surface area (Å²) in [5.74, 6) is -0.288. The summed E-state index contributed by atoms with van der Waals surface area (Å²) in [7, 11) is 1.61. The Hall–Kier alpha value is -2.84. The number of carbonyl (C=O) groups is 1. The first-order valence-corrected chi connectivity index (χ1v) is 8.48. The molecule has 7 nitrogen and oxygen atoms in total. The number of H-pyrrole nitrogens is 1. The fourth-order valence-corrected chi connectivity index (χ4v) is 2.89. The van der Waals surface area contributed by atoms with Crippen molar-refractivity contribution in [1.29, 1.82) is 0 Å². The number of aromatic nitrogens is 3. The molecule has 0 radical (unpaired) electrons. The number of hydrogen-bond donors (Lipinski definition) is 2. The number of nitrogens with zero attached hydrogens (tertiary/aromatic N) is 2. The van der Waals surface area contributed by atoms with Gasteiger partial charge in [-0.1, -0.05) is 0 Å². The molecule has 2 heterocycles. The van der Waals surface area contributed by atoms with Gasteiger partial charge in [0.1, 0.15) is 0 Å². The lowest BCUT2D eigenvalue weighted by Crippen LogP contribution is -2.23. The molecule has 0 atom stereocenters.